The summed E-state index contributed by atoms with van der Waals surface area (Å²) in [4.78, 5) is 13.9. The van der Waals surface area contributed by atoms with Gasteiger partial charge in [-0.3, -0.25) is 0 Å². The molecule has 6 heteroatoms. The second-order valence-corrected chi connectivity index (χ2v) is 5.98. The molecule has 4 nitrogen and oxygen atoms in total. The molecule has 0 aliphatic carbocycles. The summed E-state index contributed by atoms with van der Waals surface area (Å²) < 4.78 is 1.08. The summed E-state index contributed by atoms with van der Waals surface area (Å²) in [7, 11) is 0. The van der Waals surface area contributed by atoms with Crippen LogP contribution in [0, 0.1) is 0 Å². The number of anilines is 1. The average Bonchev–Trinajstić information content (AvgIpc) is 2.38. The summed E-state index contributed by atoms with van der Waals surface area (Å²) in [6.45, 7) is 2.09. The van der Waals surface area contributed by atoms with E-state index >= 15 is 0 Å². The van der Waals surface area contributed by atoms with E-state index in [4.69, 9.17) is 5.73 Å². The lowest BCUT2D eigenvalue weighted by molar-refractivity contribution is 0.802. The van der Waals surface area contributed by atoms with Gasteiger partial charge in [-0.1, -0.05) is 22.9 Å². The largest absolute Gasteiger partial charge is 0.368 e. The zero-order chi connectivity index (χ0) is 13.7. The molecule has 19 heavy (non-hydrogen) atoms. The summed E-state index contributed by atoms with van der Waals surface area (Å²) in [5.41, 5.74) is 5.70. The van der Waals surface area contributed by atoms with Gasteiger partial charge in [0.2, 0.25) is 5.95 Å². The first-order valence-electron chi connectivity index (χ1n) is 6.05. The molecule has 100 valence electrons. The van der Waals surface area contributed by atoms with Crippen molar-refractivity contribution >= 4 is 33.6 Å². The van der Waals surface area contributed by atoms with Gasteiger partial charge < -0.3 is 5.73 Å². The fraction of sp³-hybridized carbons (Fsp3) is 0.308. The van der Waals surface area contributed by atoms with Crippen LogP contribution in [0.2, 0.25) is 0 Å². The highest BCUT2D eigenvalue weighted by molar-refractivity contribution is 9.10. The number of halogens is 1. The first-order valence-corrected chi connectivity index (χ1v) is 7.83. The Kier molecular flexibility index (Phi) is 5.15. The maximum Gasteiger partial charge on any atom is 0.223 e. The van der Waals surface area contributed by atoms with Gasteiger partial charge in [-0.05, 0) is 30.7 Å². The van der Waals surface area contributed by atoms with Crippen molar-refractivity contribution in [2.75, 3.05) is 5.73 Å². The second-order valence-electron chi connectivity index (χ2n) is 4.02. The van der Waals surface area contributed by atoms with Crippen molar-refractivity contribution in [3.8, 4) is 0 Å². The van der Waals surface area contributed by atoms with Gasteiger partial charge in [0.05, 0.1) is 5.75 Å². The molecule has 0 unspecified atom stereocenters. The molecule has 0 spiro atoms. The number of thioether (sulfide) groups is 1. The standard InChI is InChI=1S/C13H15BrN4S/c1-2-3-11-16-12(18-13(15)17-11)8-19-10-6-4-9(14)5-7-10/h4-7H,2-3,8H2,1H3,(H2,15,16,17,18). The number of rotatable bonds is 5. The van der Waals surface area contributed by atoms with Gasteiger partial charge in [-0.2, -0.15) is 9.97 Å². The highest BCUT2D eigenvalue weighted by Gasteiger charge is 2.05. The van der Waals surface area contributed by atoms with Gasteiger partial charge in [-0.25, -0.2) is 4.98 Å². The fourth-order valence-electron chi connectivity index (χ4n) is 1.57. The molecule has 0 atom stereocenters. The predicted molar refractivity (Wildman–Crippen MR) is 81.9 cm³/mol. The predicted octanol–water partition coefficient (Wildman–Crippen LogP) is 3.46. The Hall–Kier alpha value is -1.14. The second kappa shape index (κ2) is 6.86. The smallest absolute Gasteiger partial charge is 0.223 e. The van der Waals surface area contributed by atoms with Gasteiger partial charge in [0.25, 0.3) is 0 Å². The van der Waals surface area contributed by atoms with E-state index < -0.39 is 0 Å². The van der Waals surface area contributed by atoms with Gasteiger partial charge in [-0.15, -0.1) is 11.8 Å². The van der Waals surface area contributed by atoms with Gasteiger partial charge >= 0.3 is 0 Å². The zero-order valence-corrected chi connectivity index (χ0v) is 13.0. The Bertz CT molecular complexity index is 545. The fourth-order valence-corrected chi connectivity index (χ4v) is 2.58. The zero-order valence-electron chi connectivity index (χ0n) is 10.6. The van der Waals surface area contributed by atoms with Crippen LogP contribution in [0.15, 0.2) is 33.6 Å². The lowest BCUT2D eigenvalue weighted by Gasteiger charge is -2.04. The number of aryl methyl sites for hydroxylation is 1. The number of nitrogen functional groups attached to an aromatic ring is 1. The van der Waals surface area contributed by atoms with E-state index in [-0.39, 0.29) is 0 Å². The van der Waals surface area contributed by atoms with Crippen molar-refractivity contribution < 1.29 is 0 Å². The first kappa shape index (κ1) is 14.3. The minimum absolute atomic E-state index is 0.310. The van der Waals surface area contributed by atoms with E-state index in [2.05, 4.69) is 49.9 Å². The van der Waals surface area contributed by atoms with Crippen molar-refractivity contribution in [3.63, 3.8) is 0 Å². The molecule has 1 aromatic carbocycles. The Morgan fingerprint density at radius 2 is 1.79 bits per heavy atom. The van der Waals surface area contributed by atoms with E-state index in [1.165, 1.54) is 4.90 Å². The summed E-state index contributed by atoms with van der Waals surface area (Å²) in [5.74, 6) is 2.53. The molecule has 0 saturated heterocycles. The molecule has 0 bridgehead atoms. The maximum atomic E-state index is 5.70. The Morgan fingerprint density at radius 3 is 2.47 bits per heavy atom. The van der Waals surface area contributed by atoms with Crippen LogP contribution < -0.4 is 5.73 Å². The van der Waals surface area contributed by atoms with Crippen molar-refractivity contribution in [1.82, 2.24) is 15.0 Å². The molecule has 2 N–H and O–H groups in total. The summed E-state index contributed by atoms with van der Waals surface area (Å²) in [6.07, 6.45) is 1.84. The van der Waals surface area contributed by atoms with Crippen LogP contribution in [-0.2, 0) is 12.2 Å². The lowest BCUT2D eigenvalue weighted by atomic mass is 10.3. The molecule has 1 heterocycles. The van der Waals surface area contributed by atoms with E-state index in [0.29, 0.717) is 11.7 Å². The third-order valence-electron chi connectivity index (χ3n) is 2.40. The van der Waals surface area contributed by atoms with Crippen molar-refractivity contribution in [2.24, 2.45) is 0 Å². The van der Waals surface area contributed by atoms with Crippen molar-refractivity contribution in [3.05, 3.63) is 40.4 Å². The van der Waals surface area contributed by atoms with E-state index in [1.54, 1.807) is 11.8 Å². The third-order valence-corrected chi connectivity index (χ3v) is 3.94. The normalized spacial score (nSPS) is 10.6. The molecule has 0 aliphatic heterocycles. The Morgan fingerprint density at radius 1 is 1.11 bits per heavy atom. The van der Waals surface area contributed by atoms with Crippen LogP contribution in [0.25, 0.3) is 0 Å². The maximum absolute atomic E-state index is 5.70. The molecular weight excluding hydrogens is 324 g/mol. The van der Waals surface area contributed by atoms with E-state index in [1.807, 2.05) is 12.1 Å². The molecule has 2 rings (SSSR count). The number of nitrogens with two attached hydrogens (primary N) is 1. The molecule has 0 saturated carbocycles. The number of aromatic nitrogens is 3. The highest BCUT2D eigenvalue weighted by Crippen LogP contribution is 2.23. The van der Waals surface area contributed by atoms with Crippen LogP contribution in [0.3, 0.4) is 0 Å². The minimum Gasteiger partial charge on any atom is -0.368 e. The lowest BCUT2D eigenvalue weighted by Crippen LogP contribution is -2.06. The van der Waals surface area contributed by atoms with Gasteiger partial charge in [0, 0.05) is 15.8 Å². The van der Waals surface area contributed by atoms with E-state index in [9.17, 15) is 0 Å². The van der Waals surface area contributed by atoms with Crippen LogP contribution >= 0.6 is 27.7 Å². The van der Waals surface area contributed by atoms with Crippen LogP contribution in [0.5, 0.6) is 0 Å². The molecule has 2 aromatic rings. The molecular formula is C13H15BrN4S. The van der Waals surface area contributed by atoms with Crippen LogP contribution in [0.1, 0.15) is 25.0 Å². The Labute approximate surface area is 125 Å². The number of nitrogens with zero attached hydrogens (tertiary/aromatic N) is 3. The quantitative estimate of drug-likeness (QED) is 0.845. The number of benzene rings is 1. The third kappa shape index (κ3) is 4.47. The van der Waals surface area contributed by atoms with Crippen LogP contribution in [-0.4, -0.2) is 15.0 Å². The summed E-state index contributed by atoms with van der Waals surface area (Å²) in [6, 6.07) is 8.16. The minimum atomic E-state index is 0.310. The van der Waals surface area contributed by atoms with Crippen molar-refractivity contribution in [1.29, 1.82) is 0 Å². The molecule has 0 radical (unpaired) electrons. The average molecular weight is 339 g/mol. The molecule has 0 fully saturated rings. The van der Waals surface area contributed by atoms with E-state index in [0.717, 1.165) is 29.0 Å². The first-order chi connectivity index (χ1) is 9.17. The van der Waals surface area contributed by atoms with Gasteiger partial charge in [0.1, 0.15) is 11.6 Å². The topological polar surface area (TPSA) is 64.7 Å². The summed E-state index contributed by atoms with van der Waals surface area (Å²) in [5, 5.41) is 0. The van der Waals surface area contributed by atoms with Crippen molar-refractivity contribution in [2.45, 2.75) is 30.4 Å². The monoisotopic (exact) mass is 338 g/mol. The molecule has 0 aliphatic rings. The summed E-state index contributed by atoms with van der Waals surface area (Å²) >= 11 is 5.11. The number of hydrogen-bond donors (Lipinski definition) is 1. The number of hydrogen-bond acceptors (Lipinski definition) is 5. The SMILES string of the molecule is CCCc1nc(N)nc(CSc2ccc(Br)cc2)n1. The molecule has 0 amide bonds. The van der Waals surface area contributed by atoms with Crippen LogP contribution in [0.4, 0.5) is 5.95 Å². The highest BCUT2D eigenvalue weighted by atomic mass is 79.9. The van der Waals surface area contributed by atoms with Gasteiger partial charge in [0.15, 0.2) is 0 Å². The Balaban J connectivity index is 2.04. The molecule has 1 aromatic heterocycles.